The number of hydrogen-bond donors (Lipinski definition) is 1. The molecule has 2 nitrogen and oxygen atoms in total. The molecule has 8 heavy (non-hydrogen) atoms. The van der Waals surface area contributed by atoms with Crippen LogP contribution in [0, 0.1) is 0 Å². The van der Waals surface area contributed by atoms with Crippen molar-refractivity contribution in [2.24, 2.45) is 0 Å². The van der Waals surface area contributed by atoms with Gasteiger partial charge in [-0.2, -0.15) is 0 Å². The minimum atomic E-state index is 0.443. The van der Waals surface area contributed by atoms with Crippen LogP contribution in [0.2, 0.25) is 6.32 Å². The zero-order valence-corrected chi connectivity index (χ0v) is 4.87. The van der Waals surface area contributed by atoms with Crippen LogP contribution in [0.1, 0.15) is 0 Å². The fourth-order valence-electron chi connectivity index (χ4n) is 0.134. The van der Waals surface area contributed by atoms with Gasteiger partial charge in [-0.25, -0.2) is 0 Å². The molecule has 44 valence electrons. The molecule has 0 aromatic rings. The molecule has 2 radical (unpaired) electrons. The molecule has 0 aliphatic rings. The highest BCUT2D eigenvalue weighted by atomic mass is 16.2. The Morgan fingerprint density at radius 1 is 1.62 bits per heavy atom. The van der Waals surface area contributed by atoms with Crippen molar-refractivity contribution in [3.63, 3.8) is 0 Å². The molecule has 0 rings (SSSR count). The van der Waals surface area contributed by atoms with Gasteiger partial charge in [0.15, 0.2) is 0 Å². The lowest BCUT2D eigenvalue weighted by atomic mass is 10.1. The van der Waals surface area contributed by atoms with Crippen molar-refractivity contribution in [1.82, 2.24) is 0 Å². The van der Waals surface area contributed by atoms with E-state index in [1.165, 1.54) is 6.08 Å². The van der Waals surface area contributed by atoms with Gasteiger partial charge in [-0.05, 0) is 6.08 Å². The largest absolute Gasteiger partial charge is 0.400 e. The van der Waals surface area contributed by atoms with E-state index < -0.39 is 0 Å². The van der Waals surface area contributed by atoms with Crippen LogP contribution in [0.5, 0.6) is 0 Å². The van der Waals surface area contributed by atoms with E-state index in [1.54, 1.807) is 6.08 Å². The molecule has 0 spiro atoms. The number of allylic oxidation sites excluding steroid dienone is 2. The predicted octanol–water partition coefficient (Wildman–Crippen LogP) is -0.0632. The molecular formula is C5H9BO2. The van der Waals surface area contributed by atoms with Crippen LogP contribution in [0.15, 0.2) is 12.2 Å². The minimum Gasteiger partial charge on any atom is -0.400 e. The van der Waals surface area contributed by atoms with Crippen molar-refractivity contribution < 1.29 is 9.90 Å². The summed E-state index contributed by atoms with van der Waals surface area (Å²) >= 11 is 0. The minimum absolute atomic E-state index is 0.443. The Bertz CT molecular complexity index is 61.4. The molecule has 0 bridgehead atoms. The number of carbonyl (C=O) groups is 1. The van der Waals surface area contributed by atoms with E-state index in [2.05, 4.69) is 0 Å². The van der Waals surface area contributed by atoms with Gasteiger partial charge in [0.2, 0.25) is 0 Å². The average molecular weight is 112 g/mol. The Morgan fingerprint density at radius 2 is 2.12 bits per heavy atom. The van der Waals surface area contributed by atoms with Crippen molar-refractivity contribution in [3.05, 3.63) is 12.2 Å². The zero-order chi connectivity index (χ0) is 6.83. The van der Waals surface area contributed by atoms with Gasteiger partial charge in [0.1, 0.15) is 6.29 Å². The molecule has 0 amide bonds. The van der Waals surface area contributed by atoms with Gasteiger partial charge in [-0.1, -0.05) is 12.4 Å². The maximum atomic E-state index is 9.42. The van der Waals surface area contributed by atoms with Crippen molar-refractivity contribution >= 4 is 14.1 Å². The summed E-state index contributed by atoms with van der Waals surface area (Å²) in [4.78, 5) is 9.42. The second kappa shape index (κ2) is 16.1. The molecule has 0 atom stereocenters. The zero-order valence-electron chi connectivity index (χ0n) is 4.87. The fourth-order valence-corrected chi connectivity index (χ4v) is 0.134. The molecule has 0 saturated carbocycles. The van der Waals surface area contributed by atoms with Crippen LogP contribution < -0.4 is 0 Å². The third kappa shape index (κ3) is 18.0. The molecular weight excluding hydrogens is 103 g/mol. The molecule has 1 N–H and O–H groups in total. The maximum absolute atomic E-state index is 9.42. The van der Waals surface area contributed by atoms with E-state index in [9.17, 15) is 4.79 Å². The highest BCUT2D eigenvalue weighted by Crippen LogP contribution is 1.69. The smallest absolute Gasteiger partial charge is 0.142 e. The normalized spacial score (nSPS) is 7.75. The van der Waals surface area contributed by atoms with E-state index >= 15 is 0 Å². The lowest BCUT2D eigenvalue weighted by Gasteiger charge is -1.64. The number of aliphatic hydroxyl groups is 1. The summed E-state index contributed by atoms with van der Waals surface area (Å²) < 4.78 is 0. The van der Waals surface area contributed by atoms with Gasteiger partial charge < -0.3 is 5.11 Å². The number of aliphatic hydroxyl groups excluding tert-OH is 1. The topological polar surface area (TPSA) is 37.3 Å². The third-order valence-electron chi connectivity index (χ3n) is 0.351. The van der Waals surface area contributed by atoms with Crippen LogP contribution in [0.4, 0.5) is 0 Å². The van der Waals surface area contributed by atoms with Crippen LogP contribution in [0.25, 0.3) is 0 Å². The number of aldehydes is 1. The SMILES string of the molecule is CO.[B]C/C=C/C=O. The molecule has 0 heterocycles. The summed E-state index contributed by atoms with van der Waals surface area (Å²) in [5.41, 5.74) is 0. The predicted molar refractivity (Wildman–Crippen MR) is 33.9 cm³/mol. The summed E-state index contributed by atoms with van der Waals surface area (Å²) in [6.07, 6.45) is 4.11. The molecule has 0 saturated heterocycles. The molecule has 0 aromatic carbocycles. The summed E-state index contributed by atoms with van der Waals surface area (Å²) in [5, 5.41) is 7.00. The van der Waals surface area contributed by atoms with Gasteiger partial charge in [0.05, 0.1) is 7.85 Å². The Balaban J connectivity index is 0. The lowest BCUT2D eigenvalue weighted by Crippen LogP contribution is -1.59. The highest BCUT2D eigenvalue weighted by Gasteiger charge is 1.58. The quantitative estimate of drug-likeness (QED) is 0.308. The van der Waals surface area contributed by atoms with Gasteiger partial charge in [-0.3, -0.25) is 4.79 Å². The number of rotatable bonds is 2. The van der Waals surface area contributed by atoms with Crippen LogP contribution in [-0.4, -0.2) is 26.3 Å². The van der Waals surface area contributed by atoms with Gasteiger partial charge in [-0.15, -0.1) is 0 Å². The van der Waals surface area contributed by atoms with E-state index in [0.29, 0.717) is 12.6 Å². The van der Waals surface area contributed by atoms with E-state index in [0.717, 1.165) is 7.11 Å². The Hall–Kier alpha value is -0.565. The molecule has 0 aliphatic carbocycles. The Morgan fingerprint density at radius 3 is 2.25 bits per heavy atom. The first kappa shape index (κ1) is 10.4. The number of carbonyl (C=O) groups excluding carboxylic acids is 1. The Labute approximate surface area is 50.6 Å². The van der Waals surface area contributed by atoms with E-state index in [4.69, 9.17) is 13.0 Å². The van der Waals surface area contributed by atoms with Crippen molar-refractivity contribution in [1.29, 1.82) is 0 Å². The first-order valence-electron chi connectivity index (χ1n) is 2.17. The van der Waals surface area contributed by atoms with Gasteiger partial charge in [0, 0.05) is 7.11 Å². The first-order valence-corrected chi connectivity index (χ1v) is 2.17. The van der Waals surface area contributed by atoms with Gasteiger partial charge in [0.25, 0.3) is 0 Å². The number of hydrogen-bond acceptors (Lipinski definition) is 2. The second-order valence-corrected chi connectivity index (χ2v) is 0.800. The molecule has 0 aromatic heterocycles. The lowest BCUT2D eigenvalue weighted by molar-refractivity contribution is -0.104. The summed E-state index contributed by atoms with van der Waals surface area (Å²) in [7, 11) is 5.97. The molecule has 0 unspecified atom stereocenters. The third-order valence-corrected chi connectivity index (χ3v) is 0.351. The van der Waals surface area contributed by atoms with Crippen molar-refractivity contribution in [2.45, 2.75) is 6.32 Å². The summed E-state index contributed by atoms with van der Waals surface area (Å²) in [5.74, 6) is 0. The fraction of sp³-hybridized carbons (Fsp3) is 0.400. The van der Waals surface area contributed by atoms with E-state index in [1.807, 2.05) is 0 Å². The molecule has 0 aliphatic heterocycles. The van der Waals surface area contributed by atoms with Crippen LogP contribution in [0.3, 0.4) is 0 Å². The molecule has 0 fully saturated rings. The monoisotopic (exact) mass is 112 g/mol. The molecule has 3 heteroatoms. The van der Waals surface area contributed by atoms with E-state index in [-0.39, 0.29) is 0 Å². The average Bonchev–Trinajstić information content (AvgIpc) is 1.88. The van der Waals surface area contributed by atoms with Crippen LogP contribution >= 0.6 is 0 Å². The maximum Gasteiger partial charge on any atom is 0.142 e. The second-order valence-electron chi connectivity index (χ2n) is 0.800. The van der Waals surface area contributed by atoms with Crippen molar-refractivity contribution in [3.8, 4) is 0 Å². The Kier molecular flexibility index (Phi) is 21.0. The summed E-state index contributed by atoms with van der Waals surface area (Å²) in [6.45, 7) is 0. The van der Waals surface area contributed by atoms with Gasteiger partial charge >= 0.3 is 0 Å². The van der Waals surface area contributed by atoms with Crippen molar-refractivity contribution in [2.75, 3.05) is 7.11 Å². The summed E-state index contributed by atoms with van der Waals surface area (Å²) in [6, 6.07) is 0. The standard InChI is InChI=1S/C4H5BO.CH4O/c5-3-1-2-4-6;1-2/h1-2,4H,3H2;2H,1H3/b2-1+;. The highest BCUT2D eigenvalue weighted by molar-refractivity contribution is 6.09. The van der Waals surface area contributed by atoms with Crippen LogP contribution in [-0.2, 0) is 4.79 Å². The first-order chi connectivity index (χ1) is 3.91.